The summed E-state index contributed by atoms with van der Waals surface area (Å²) >= 11 is 1.73. The van der Waals surface area contributed by atoms with Crippen LogP contribution in [0.2, 0.25) is 0 Å². The molecule has 6 nitrogen and oxygen atoms in total. The molecule has 0 N–H and O–H groups in total. The standard InChI is InChI=1S/C30H28O6S/c1-3-27(31)33-16-18-35-29-23-12-8-9-13-24(23)30(36-19-17-34-28(32)4-2)26-20-22(14-15-25(26)29)37-21-10-6-5-7-11-21/h3-14H,1-2,15-20H2. The molecule has 0 atom stereocenters. The van der Waals surface area contributed by atoms with Gasteiger partial charge < -0.3 is 18.9 Å². The van der Waals surface area contributed by atoms with Crippen LogP contribution in [-0.4, -0.2) is 38.4 Å². The average Bonchev–Trinajstić information content (AvgIpc) is 2.94. The second kappa shape index (κ2) is 12.8. The van der Waals surface area contributed by atoms with E-state index in [9.17, 15) is 9.59 Å². The van der Waals surface area contributed by atoms with Gasteiger partial charge in [0.2, 0.25) is 0 Å². The van der Waals surface area contributed by atoms with E-state index in [0.29, 0.717) is 12.8 Å². The van der Waals surface area contributed by atoms with E-state index in [1.54, 1.807) is 11.8 Å². The third kappa shape index (κ3) is 6.62. The van der Waals surface area contributed by atoms with Crippen molar-refractivity contribution in [1.29, 1.82) is 0 Å². The Morgan fingerprint density at radius 1 is 0.757 bits per heavy atom. The molecule has 7 heteroatoms. The van der Waals surface area contributed by atoms with Gasteiger partial charge >= 0.3 is 11.9 Å². The molecular weight excluding hydrogens is 488 g/mol. The Balaban J connectivity index is 1.66. The van der Waals surface area contributed by atoms with Crippen LogP contribution < -0.4 is 9.47 Å². The summed E-state index contributed by atoms with van der Waals surface area (Å²) < 4.78 is 22.7. The first-order valence-corrected chi connectivity index (χ1v) is 12.7. The number of carbonyl (C=O) groups excluding carboxylic acids is 2. The lowest BCUT2D eigenvalue weighted by molar-refractivity contribution is -0.139. The molecule has 0 fully saturated rings. The van der Waals surface area contributed by atoms with E-state index >= 15 is 0 Å². The molecule has 0 bridgehead atoms. The van der Waals surface area contributed by atoms with Crippen LogP contribution in [0.3, 0.4) is 0 Å². The van der Waals surface area contributed by atoms with Gasteiger partial charge in [-0.2, -0.15) is 0 Å². The summed E-state index contributed by atoms with van der Waals surface area (Å²) in [5.41, 5.74) is 2.07. The predicted molar refractivity (Wildman–Crippen MR) is 145 cm³/mol. The molecule has 0 aromatic heterocycles. The van der Waals surface area contributed by atoms with E-state index in [0.717, 1.165) is 50.4 Å². The van der Waals surface area contributed by atoms with Crippen LogP contribution in [0, 0.1) is 0 Å². The van der Waals surface area contributed by atoms with Crippen LogP contribution >= 0.6 is 11.8 Å². The normalized spacial score (nSPS) is 12.2. The highest BCUT2D eigenvalue weighted by Crippen LogP contribution is 2.46. The number of rotatable bonds is 12. The number of esters is 2. The minimum absolute atomic E-state index is 0.113. The zero-order valence-electron chi connectivity index (χ0n) is 20.4. The lowest BCUT2D eigenvalue weighted by Gasteiger charge is -2.25. The molecular formula is C30H28O6S. The lowest BCUT2D eigenvalue weighted by atomic mass is 9.90. The molecule has 0 saturated heterocycles. The maximum Gasteiger partial charge on any atom is 0.330 e. The fourth-order valence-corrected chi connectivity index (χ4v) is 5.06. The fraction of sp³-hybridized carbons (Fsp3) is 0.200. The van der Waals surface area contributed by atoms with Gasteiger partial charge in [0, 0.05) is 45.4 Å². The number of ether oxygens (including phenoxy) is 4. The van der Waals surface area contributed by atoms with E-state index in [1.807, 2.05) is 42.5 Å². The van der Waals surface area contributed by atoms with E-state index in [-0.39, 0.29) is 26.4 Å². The van der Waals surface area contributed by atoms with E-state index in [1.165, 1.54) is 4.91 Å². The van der Waals surface area contributed by atoms with Gasteiger partial charge in [-0.1, -0.05) is 73.5 Å². The monoisotopic (exact) mass is 516 g/mol. The van der Waals surface area contributed by atoms with Crippen LogP contribution in [0.25, 0.3) is 10.8 Å². The number of allylic oxidation sites excluding steroid dienone is 2. The van der Waals surface area contributed by atoms with Crippen LogP contribution in [0.5, 0.6) is 11.5 Å². The van der Waals surface area contributed by atoms with Gasteiger partial charge in [-0.15, -0.1) is 0 Å². The summed E-state index contributed by atoms with van der Waals surface area (Å²) in [4.78, 5) is 25.3. The number of benzene rings is 3. The number of fused-ring (bicyclic) bond motifs is 2. The summed E-state index contributed by atoms with van der Waals surface area (Å²) in [6.07, 6.45) is 5.82. The number of carbonyl (C=O) groups is 2. The highest BCUT2D eigenvalue weighted by atomic mass is 32.2. The van der Waals surface area contributed by atoms with Gasteiger partial charge in [0.15, 0.2) is 0 Å². The highest BCUT2D eigenvalue weighted by Gasteiger charge is 2.25. The Kier molecular flexibility index (Phi) is 9.05. The van der Waals surface area contributed by atoms with Crippen molar-refractivity contribution in [2.24, 2.45) is 0 Å². The summed E-state index contributed by atoms with van der Waals surface area (Å²) in [7, 11) is 0. The predicted octanol–water partition coefficient (Wildman–Crippen LogP) is 5.83. The topological polar surface area (TPSA) is 71.1 Å². The molecule has 4 rings (SSSR count). The van der Waals surface area contributed by atoms with Gasteiger partial charge in [0.25, 0.3) is 0 Å². The molecule has 0 unspecified atom stereocenters. The molecule has 1 aliphatic rings. The van der Waals surface area contributed by atoms with Crippen molar-refractivity contribution in [1.82, 2.24) is 0 Å². The molecule has 3 aromatic carbocycles. The van der Waals surface area contributed by atoms with Gasteiger partial charge in [-0.3, -0.25) is 0 Å². The fourth-order valence-electron chi connectivity index (χ4n) is 4.08. The minimum Gasteiger partial charge on any atom is -0.489 e. The average molecular weight is 517 g/mol. The Morgan fingerprint density at radius 2 is 1.30 bits per heavy atom. The van der Waals surface area contributed by atoms with Crippen molar-refractivity contribution < 1.29 is 28.5 Å². The molecule has 190 valence electrons. The zero-order chi connectivity index (χ0) is 26.0. The van der Waals surface area contributed by atoms with Crippen molar-refractivity contribution in [2.75, 3.05) is 26.4 Å². The van der Waals surface area contributed by atoms with Gasteiger partial charge in [0.05, 0.1) is 0 Å². The van der Waals surface area contributed by atoms with Crippen molar-refractivity contribution in [3.63, 3.8) is 0 Å². The van der Waals surface area contributed by atoms with Crippen LogP contribution in [-0.2, 0) is 31.9 Å². The van der Waals surface area contributed by atoms with E-state index in [2.05, 4.69) is 31.4 Å². The molecule has 0 radical (unpaired) electrons. The van der Waals surface area contributed by atoms with Gasteiger partial charge in [-0.25, -0.2) is 9.59 Å². The first-order chi connectivity index (χ1) is 18.1. The van der Waals surface area contributed by atoms with E-state index in [4.69, 9.17) is 18.9 Å². The highest BCUT2D eigenvalue weighted by molar-refractivity contribution is 8.03. The molecule has 3 aromatic rings. The first kappa shape index (κ1) is 26.1. The number of thioether (sulfide) groups is 1. The molecule has 0 amide bonds. The second-order valence-electron chi connectivity index (χ2n) is 8.07. The summed E-state index contributed by atoms with van der Waals surface area (Å²) in [5, 5.41) is 1.81. The smallest absolute Gasteiger partial charge is 0.330 e. The minimum atomic E-state index is -0.485. The second-order valence-corrected chi connectivity index (χ2v) is 9.27. The number of hydrogen-bond acceptors (Lipinski definition) is 7. The third-order valence-corrected chi connectivity index (χ3v) is 6.77. The molecule has 1 aliphatic carbocycles. The maximum absolute atomic E-state index is 11.5. The van der Waals surface area contributed by atoms with E-state index < -0.39 is 11.9 Å². The zero-order valence-corrected chi connectivity index (χ0v) is 21.3. The van der Waals surface area contributed by atoms with Crippen LogP contribution in [0.4, 0.5) is 0 Å². The van der Waals surface area contributed by atoms with Crippen LogP contribution in [0.15, 0.2) is 95.8 Å². The molecule has 37 heavy (non-hydrogen) atoms. The Labute approximate surface area is 220 Å². The molecule has 0 aliphatic heterocycles. The number of hydrogen-bond donors (Lipinski definition) is 0. The largest absolute Gasteiger partial charge is 0.489 e. The third-order valence-electron chi connectivity index (χ3n) is 5.69. The van der Waals surface area contributed by atoms with Crippen molar-refractivity contribution >= 4 is 34.5 Å². The SMILES string of the molecule is C=CC(=O)OCCOc1c2c(c(OCCOC(=O)C=C)c3ccccc13)CC(Sc1ccccc1)=CC2. The van der Waals surface area contributed by atoms with Gasteiger partial charge in [-0.05, 0) is 23.5 Å². The van der Waals surface area contributed by atoms with Crippen LogP contribution in [0.1, 0.15) is 11.1 Å². The molecule has 0 heterocycles. The summed E-state index contributed by atoms with van der Waals surface area (Å²) in [6.45, 7) is 7.49. The Morgan fingerprint density at radius 3 is 1.86 bits per heavy atom. The quantitative estimate of drug-likeness (QED) is 0.170. The lowest BCUT2D eigenvalue weighted by Crippen LogP contribution is -2.15. The first-order valence-electron chi connectivity index (χ1n) is 11.9. The summed E-state index contributed by atoms with van der Waals surface area (Å²) in [6, 6.07) is 18.1. The van der Waals surface area contributed by atoms with Crippen molar-refractivity contribution in [2.45, 2.75) is 17.7 Å². The molecule has 0 saturated carbocycles. The maximum atomic E-state index is 11.5. The van der Waals surface area contributed by atoms with Gasteiger partial charge in [0.1, 0.15) is 37.9 Å². The summed E-state index contributed by atoms with van der Waals surface area (Å²) in [5.74, 6) is 0.540. The van der Waals surface area contributed by atoms with Crippen molar-refractivity contribution in [3.8, 4) is 11.5 Å². The Hall–Kier alpha value is -3.97. The Bertz CT molecular complexity index is 1330. The van der Waals surface area contributed by atoms with Crippen molar-refractivity contribution in [3.05, 3.63) is 102 Å². The molecule has 0 spiro atoms.